The van der Waals surface area contributed by atoms with Crippen LogP contribution < -0.4 is 10.6 Å². The number of ether oxygens (including phenoxy) is 1. The van der Waals surface area contributed by atoms with E-state index in [0.29, 0.717) is 5.82 Å². The van der Waals surface area contributed by atoms with Gasteiger partial charge in [-0.15, -0.1) is 0 Å². The molecule has 3 rings (SSSR count). The molecule has 1 atom stereocenters. The van der Waals surface area contributed by atoms with Crippen LogP contribution in [0.15, 0.2) is 24.3 Å². The van der Waals surface area contributed by atoms with Crippen molar-refractivity contribution in [3.8, 4) is 0 Å². The largest absolute Gasteiger partial charge is 0.381 e. The number of fused-ring (bicyclic) bond motifs is 1. The van der Waals surface area contributed by atoms with Crippen molar-refractivity contribution >= 4 is 22.7 Å². The quantitative estimate of drug-likeness (QED) is 0.866. The molecule has 1 saturated heterocycles. The summed E-state index contributed by atoms with van der Waals surface area (Å²) in [5.74, 6) is 1.26. The summed E-state index contributed by atoms with van der Waals surface area (Å²) in [5, 5.41) is 0. The van der Waals surface area contributed by atoms with Crippen LogP contribution in [0.1, 0.15) is 6.42 Å². The van der Waals surface area contributed by atoms with Crippen LogP contribution >= 0.6 is 0 Å². The molecule has 5 nitrogen and oxygen atoms in total. The molecule has 0 amide bonds. The Morgan fingerprint density at radius 2 is 2.00 bits per heavy atom. The third-order valence-corrected chi connectivity index (χ3v) is 3.36. The molecular formula is C13H16N4O. The molecule has 1 aromatic heterocycles. The van der Waals surface area contributed by atoms with Crippen LogP contribution in [0.25, 0.3) is 11.0 Å². The van der Waals surface area contributed by atoms with Crippen LogP contribution in [0, 0.1) is 0 Å². The highest BCUT2D eigenvalue weighted by Gasteiger charge is 2.25. The number of aromatic nitrogens is 2. The smallest absolute Gasteiger partial charge is 0.172 e. The molecule has 5 heteroatoms. The van der Waals surface area contributed by atoms with Crippen molar-refractivity contribution in [2.24, 2.45) is 0 Å². The summed E-state index contributed by atoms with van der Waals surface area (Å²) in [4.78, 5) is 11.2. The number of para-hydroxylation sites is 2. The van der Waals surface area contributed by atoms with Crippen LogP contribution in [0.2, 0.25) is 0 Å². The number of rotatable bonds is 2. The number of benzene rings is 1. The molecule has 1 aliphatic rings. The van der Waals surface area contributed by atoms with Gasteiger partial charge in [0.2, 0.25) is 0 Å². The SMILES string of the molecule is COC1CCN(c2nc3ccccc3nc2N)C1. The molecule has 0 saturated carbocycles. The Kier molecular flexibility index (Phi) is 2.76. The van der Waals surface area contributed by atoms with Crippen LogP contribution in [0.4, 0.5) is 11.6 Å². The second-order valence-corrected chi connectivity index (χ2v) is 4.51. The minimum absolute atomic E-state index is 0.262. The van der Waals surface area contributed by atoms with Gasteiger partial charge in [-0.25, -0.2) is 9.97 Å². The Labute approximate surface area is 106 Å². The van der Waals surface area contributed by atoms with Gasteiger partial charge in [-0.2, -0.15) is 0 Å². The molecular weight excluding hydrogens is 228 g/mol. The first-order valence-corrected chi connectivity index (χ1v) is 6.08. The lowest BCUT2D eigenvalue weighted by Gasteiger charge is -2.18. The highest BCUT2D eigenvalue weighted by molar-refractivity contribution is 5.79. The van der Waals surface area contributed by atoms with Crippen molar-refractivity contribution in [1.29, 1.82) is 0 Å². The van der Waals surface area contributed by atoms with Gasteiger partial charge < -0.3 is 15.4 Å². The van der Waals surface area contributed by atoms with E-state index in [4.69, 9.17) is 10.5 Å². The van der Waals surface area contributed by atoms with Gasteiger partial charge in [0, 0.05) is 20.2 Å². The Hall–Kier alpha value is -1.88. The van der Waals surface area contributed by atoms with Gasteiger partial charge in [0.1, 0.15) is 0 Å². The van der Waals surface area contributed by atoms with E-state index in [0.717, 1.165) is 36.4 Å². The Morgan fingerprint density at radius 3 is 2.67 bits per heavy atom. The third-order valence-electron chi connectivity index (χ3n) is 3.36. The van der Waals surface area contributed by atoms with Gasteiger partial charge in [0.25, 0.3) is 0 Å². The molecule has 18 heavy (non-hydrogen) atoms. The molecule has 2 aromatic rings. The normalized spacial score (nSPS) is 19.6. The average Bonchev–Trinajstić information content (AvgIpc) is 2.86. The van der Waals surface area contributed by atoms with Gasteiger partial charge in [0.15, 0.2) is 11.6 Å². The van der Waals surface area contributed by atoms with E-state index in [-0.39, 0.29) is 6.10 Å². The summed E-state index contributed by atoms with van der Waals surface area (Å²) < 4.78 is 5.36. The molecule has 2 heterocycles. The highest BCUT2D eigenvalue weighted by Crippen LogP contribution is 2.26. The first-order chi connectivity index (χ1) is 8.78. The fraction of sp³-hybridized carbons (Fsp3) is 0.385. The number of nitrogens with two attached hydrogens (primary N) is 1. The van der Waals surface area contributed by atoms with Crippen LogP contribution in [-0.4, -0.2) is 36.3 Å². The van der Waals surface area contributed by atoms with Crippen molar-refractivity contribution in [1.82, 2.24) is 9.97 Å². The summed E-state index contributed by atoms with van der Waals surface area (Å²) in [7, 11) is 1.74. The fourth-order valence-corrected chi connectivity index (χ4v) is 2.35. The second kappa shape index (κ2) is 4.42. The topological polar surface area (TPSA) is 64.3 Å². The maximum Gasteiger partial charge on any atom is 0.172 e. The van der Waals surface area contributed by atoms with E-state index in [1.54, 1.807) is 7.11 Å². The summed E-state index contributed by atoms with van der Waals surface area (Å²) in [6.07, 6.45) is 1.27. The molecule has 0 bridgehead atoms. The van der Waals surface area contributed by atoms with E-state index < -0.39 is 0 Å². The predicted octanol–water partition coefficient (Wildman–Crippen LogP) is 1.44. The van der Waals surface area contributed by atoms with Gasteiger partial charge in [-0.05, 0) is 18.6 Å². The van der Waals surface area contributed by atoms with Crippen molar-refractivity contribution in [3.63, 3.8) is 0 Å². The Balaban J connectivity index is 1.99. The minimum atomic E-state index is 0.262. The van der Waals surface area contributed by atoms with Crippen molar-refractivity contribution in [2.45, 2.75) is 12.5 Å². The molecule has 1 fully saturated rings. The predicted molar refractivity (Wildman–Crippen MR) is 71.6 cm³/mol. The number of anilines is 2. The molecule has 94 valence electrons. The van der Waals surface area contributed by atoms with E-state index in [9.17, 15) is 0 Å². The Morgan fingerprint density at radius 1 is 1.28 bits per heavy atom. The summed E-state index contributed by atoms with van der Waals surface area (Å²) >= 11 is 0. The number of hydrogen-bond acceptors (Lipinski definition) is 5. The number of nitrogen functional groups attached to an aromatic ring is 1. The van der Waals surface area contributed by atoms with E-state index >= 15 is 0 Å². The maximum absolute atomic E-state index is 6.00. The molecule has 0 spiro atoms. The lowest BCUT2D eigenvalue weighted by atomic mass is 10.3. The second-order valence-electron chi connectivity index (χ2n) is 4.51. The summed E-state index contributed by atoms with van der Waals surface area (Å²) in [5.41, 5.74) is 7.71. The Bertz CT molecular complexity index is 572. The monoisotopic (exact) mass is 244 g/mol. The summed E-state index contributed by atoms with van der Waals surface area (Å²) in [6.45, 7) is 1.74. The zero-order valence-corrected chi connectivity index (χ0v) is 10.3. The highest BCUT2D eigenvalue weighted by atomic mass is 16.5. The zero-order valence-electron chi connectivity index (χ0n) is 10.3. The van der Waals surface area contributed by atoms with Crippen molar-refractivity contribution in [2.75, 3.05) is 30.8 Å². The minimum Gasteiger partial charge on any atom is -0.381 e. The fourth-order valence-electron chi connectivity index (χ4n) is 2.35. The van der Waals surface area contributed by atoms with Crippen LogP contribution in [-0.2, 0) is 4.74 Å². The van der Waals surface area contributed by atoms with Crippen molar-refractivity contribution in [3.05, 3.63) is 24.3 Å². The lowest BCUT2D eigenvalue weighted by Crippen LogP contribution is -2.24. The van der Waals surface area contributed by atoms with Crippen molar-refractivity contribution < 1.29 is 4.74 Å². The first-order valence-electron chi connectivity index (χ1n) is 6.08. The third kappa shape index (κ3) is 1.86. The zero-order chi connectivity index (χ0) is 12.5. The standard InChI is InChI=1S/C13H16N4O/c1-18-9-6-7-17(8-9)13-12(14)15-10-4-2-3-5-11(10)16-13/h2-5,9H,6-8H2,1H3,(H2,14,15). The van der Waals surface area contributed by atoms with E-state index in [1.165, 1.54) is 0 Å². The molecule has 1 aromatic carbocycles. The van der Waals surface area contributed by atoms with E-state index in [2.05, 4.69) is 14.9 Å². The molecule has 0 radical (unpaired) electrons. The van der Waals surface area contributed by atoms with Gasteiger partial charge in [0.05, 0.1) is 17.1 Å². The maximum atomic E-state index is 6.00. The van der Waals surface area contributed by atoms with E-state index in [1.807, 2.05) is 24.3 Å². The van der Waals surface area contributed by atoms with Gasteiger partial charge >= 0.3 is 0 Å². The first kappa shape index (κ1) is 11.2. The number of methoxy groups -OCH3 is 1. The lowest BCUT2D eigenvalue weighted by molar-refractivity contribution is 0.121. The van der Waals surface area contributed by atoms with Crippen LogP contribution in [0.3, 0.4) is 0 Å². The molecule has 1 aliphatic heterocycles. The van der Waals surface area contributed by atoms with Crippen LogP contribution in [0.5, 0.6) is 0 Å². The average molecular weight is 244 g/mol. The molecule has 0 aliphatic carbocycles. The molecule has 1 unspecified atom stereocenters. The van der Waals surface area contributed by atoms with Gasteiger partial charge in [-0.3, -0.25) is 0 Å². The molecule has 2 N–H and O–H groups in total. The van der Waals surface area contributed by atoms with Gasteiger partial charge in [-0.1, -0.05) is 12.1 Å². The summed E-state index contributed by atoms with van der Waals surface area (Å²) in [6, 6.07) is 7.77. The number of hydrogen-bond donors (Lipinski definition) is 1. The number of nitrogens with zero attached hydrogens (tertiary/aromatic N) is 3.